The Labute approximate surface area is 182 Å². The Morgan fingerprint density at radius 2 is 1.71 bits per heavy atom. The first-order chi connectivity index (χ1) is 14.9. The van der Waals surface area contributed by atoms with E-state index < -0.39 is 0 Å². The van der Waals surface area contributed by atoms with Crippen LogP contribution in [0.4, 0.5) is 5.69 Å². The van der Waals surface area contributed by atoms with Gasteiger partial charge in [0.2, 0.25) is 0 Å². The number of nitrogens with zero attached hydrogens (tertiary/aromatic N) is 3. The molecule has 0 bridgehead atoms. The van der Waals surface area contributed by atoms with Gasteiger partial charge in [0.25, 0.3) is 0 Å². The predicted octanol–water partition coefficient (Wildman–Crippen LogP) is 5.66. The van der Waals surface area contributed by atoms with E-state index in [1.54, 1.807) is 18.5 Å². The lowest BCUT2D eigenvalue weighted by atomic mass is 9.87. The van der Waals surface area contributed by atoms with E-state index >= 15 is 0 Å². The number of aromatic nitrogens is 3. The van der Waals surface area contributed by atoms with Crippen LogP contribution in [0, 0.1) is 0 Å². The molecular weight excluding hydrogens is 384 g/mol. The van der Waals surface area contributed by atoms with E-state index in [0.29, 0.717) is 12.1 Å². The summed E-state index contributed by atoms with van der Waals surface area (Å²) in [5.41, 5.74) is 6.85. The summed E-state index contributed by atoms with van der Waals surface area (Å²) in [4.78, 5) is 15.2. The molecule has 0 saturated heterocycles. The zero-order chi connectivity index (χ0) is 21.8. The van der Waals surface area contributed by atoms with E-state index in [0.717, 1.165) is 34.6 Å². The van der Waals surface area contributed by atoms with Gasteiger partial charge in [-0.3, -0.25) is 9.78 Å². The minimum atomic E-state index is 0.0961. The molecule has 5 nitrogen and oxygen atoms in total. The van der Waals surface area contributed by atoms with Crippen LogP contribution >= 0.6 is 0 Å². The van der Waals surface area contributed by atoms with E-state index in [1.165, 1.54) is 5.56 Å². The Morgan fingerprint density at radius 1 is 0.968 bits per heavy atom. The normalized spacial score (nSPS) is 11.3. The molecule has 0 aliphatic heterocycles. The second-order valence-corrected chi connectivity index (χ2v) is 8.56. The molecule has 0 radical (unpaired) electrons. The minimum absolute atomic E-state index is 0.0961. The molecule has 0 unspecified atom stereocenters. The van der Waals surface area contributed by atoms with Crippen LogP contribution in [-0.4, -0.2) is 21.1 Å². The predicted molar refractivity (Wildman–Crippen MR) is 125 cm³/mol. The van der Waals surface area contributed by atoms with Gasteiger partial charge in [-0.15, -0.1) is 0 Å². The van der Waals surface area contributed by atoms with Crippen molar-refractivity contribution in [1.29, 1.82) is 0 Å². The summed E-state index contributed by atoms with van der Waals surface area (Å²) in [6.07, 6.45) is 4.40. The molecule has 4 rings (SSSR count). The molecule has 0 aliphatic rings. The van der Waals surface area contributed by atoms with Crippen molar-refractivity contribution in [3.05, 3.63) is 95.9 Å². The Balaban J connectivity index is 1.68. The van der Waals surface area contributed by atoms with Crippen molar-refractivity contribution in [2.45, 2.75) is 32.7 Å². The molecule has 4 aromatic rings. The Kier molecular flexibility index (Phi) is 5.67. The smallest absolute Gasteiger partial charge is 0.150 e. The van der Waals surface area contributed by atoms with Gasteiger partial charge >= 0.3 is 0 Å². The fourth-order valence-corrected chi connectivity index (χ4v) is 3.45. The van der Waals surface area contributed by atoms with Crippen LogP contribution in [0.25, 0.3) is 16.9 Å². The third-order valence-electron chi connectivity index (χ3n) is 5.23. The SMILES string of the molecule is CC(C)(C)c1ccc(-n2nc(-c3ccncc3)cc2CNc2cccc(C=O)c2)cc1. The van der Waals surface area contributed by atoms with Gasteiger partial charge in [0.15, 0.2) is 0 Å². The molecule has 31 heavy (non-hydrogen) atoms. The van der Waals surface area contributed by atoms with Gasteiger partial charge in [-0.2, -0.15) is 5.10 Å². The van der Waals surface area contributed by atoms with Gasteiger partial charge in [-0.25, -0.2) is 4.68 Å². The molecule has 0 fully saturated rings. The first-order valence-corrected chi connectivity index (χ1v) is 10.3. The third kappa shape index (κ3) is 4.72. The summed E-state index contributed by atoms with van der Waals surface area (Å²) in [6.45, 7) is 7.20. The second kappa shape index (κ2) is 8.56. The topological polar surface area (TPSA) is 59.8 Å². The highest BCUT2D eigenvalue weighted by Crippen LogP contribution is 2.26. The lowest BCUT2D eigenvalue weighted by Crippen LogP contribution is -2.12. The van der Waals surface area contributed by atoms with Crippen LogP contribution in [0.15, 0.2) is 79.1 Å². The summed E-state index contributed by atoms with van der Waals surface area (Å²) in [6, 6.07) is 22.0. The number of nitrogens with one attached hydrogen (secondary N) is 1. The lowest BCUT2D eigenvalue weighted by Gasteiger charge is -2.19. The first-order valence-electron chi connectivity index (χ1n) is 10.3. The number of aldehydes is 1. The summed E-state index contributed by atoms with van der Waals surface area (Å²) < 4.78 is 1.97. The van der Waals surface area contributed by atoms with Gasteiger partial charge in [0, 0.05) is 29.2 Å². The van der Waals surface area contributed by atoms with Gasteiger partial charge in [-0.1, -0.05) is 45.0 Å². The number of anilines is 1. The number of carbonyl (C=O) groups excluding carboxylic acids is 1. The summed E-state index contributed by atoms with van der Waals surface area (Å²) in [5.74, 6) is 0. The molecule has 0 aliphatic carbocycles. The maximum absolute atomic E-state index is 11.1. The average molecular weight is 411 g/mol. The van der Waals surface area contributed by atoms with Crippen LogP contribution in [0.1, 0.15) is 42.4 Å². The highest BCUT2D eigenvalue weighted by atomic mass is 16.1. The van der Waals surface area contributed by atoms with Crippen molar-refractivity contribution in [2.75, 3.05) is 5.32 Å². The lowest BCUT2D eigenvalue weighted by molar-refractivity contribution is 0.112. The molecule has 1 N–H and O–H groups in total. The monoisotopic (exact) mass is 410 g/mol. The van der Waals surface area contributed by atoms with Crippen molar-refractivity contribution in [3.8, 4) is 16.9 Å². The van der Waals surface area contributed by atoms with Crippen LogP contribution < -0.4 is 5.32 Å². The summed E-state index contributed by atoms with van der Waals surface area (Å²) in [7, 11) is 0. The molecule has 2 aromatic heterocycles. The molecule has 5 heteroatoms. The average Bonchev–Trinajstić information content (AvgIpc) is 3.22. The van der Waals surface area contributed by atoms with E-state index in [2.05, 4.69) is 61.4 Å². The first kappa shape index (κ1) is 20.5. The van der Waals surface area contributed by atoms with Crippen molar-refractivity contribution in [2.24, 2.45) is 0 Å². The standard InChI is InChI=1S/C26H26N4O/c1-26(2,3)21-7-9-23(10-8-21)30-24(16-25(29-30)20-11-13-27-14-12-20)17-28-22-6-4-5-19(15-22)18-31/h4-16,18,28H,17H2,1-3H3. The number of rotatable bonds is 6. The van der Waals surface area contributed by atoms with Crippen molar-refractivity contribution in [3.63, 3.8) is 0 Å². The fraction of sp³-hybridized carbons (Fsp3) is 0.192. The van der Waals surface area contributed by atoms with Gasteiger partial charge < -0.3 is 5.32 Å². The maximum Gasteiger partial charge on any atom is 0.150 e. The molecule has 0 spiro atoms. The fourth-order valence-electron chi connectivity index (χ4n) is 3.45. The highest BCUT2D eigenvalue weighted by molar-refractivity contribution is 5.76. The van der Waals surface area contributed by atoms with E-state index in [1.807, 2.05) is 35.0 Å². The molecule has 0 saturated carbocycles. The quantitative estimate of drug-likeness (QED) is 0.417. The molecule has 2 aromatic carbocycles. The number of benzene rings is 2. The summed E-state index contributed by atoms with van der Waals surface area (Å²) >= 11 is 0. The molecule has 0 atom stereocenters. The zero-order valence-electron chi connectivity index (χ0n) is 18.0. The van der Waals surface area contributed by atoms with Gasteiger partial charge in [0.1, 0.15) is 6.29 Å². The van der Waals surface area contributed by atoms with Crippen LogP contribution in [0.5, 0.6) is 0 Å². The minimum Gasteiger partial charge on any atom is -0.379 e. The molecule has 156 valence electrons. The Bertz CT molecular complexity index is 1170. The second-order valence-electron chi connectivity index (χ2n) is 8.56. The van der Waals surface area contributed by atoms with Crippen molar-refractivity contribution < 1.29 is 4.79 Å². The molecule has 2 heterocycles. The number of hydrogen-bond acceptors (Lipinski definition) is 4. The Hall–Kier alpha value is -3.73. The number of pyridine rings is 1. The largest absolute Gasteiger partial charge is 0.379 e. The third-order valence-corrected chi connectivity index (χ3v) is 5.23. The Morgan fingerprint density at radius 3 is 2.39 bits per heavy atom. The molecule has 0 amide bonds. The number of hydrogen-bond donors (Lipinski definition) is 1. The zero-order valence-corrected chi connectivity index (χ0v) is 18.0. The van der Waals surface area contributed by atoms with E-state index in [9.17, 15) is 4.79 Å². The van der Waals surface area contributed by atoms with Crippen molar-refractivity contribution >= 4 is 12.0 Å². The van der Waals surface area contributed by atoms with Crippen LogP contribution in [0.3, 0.4) is 0 Å². The number of carbonyl (C=O) groups is 1. The van der Waals surface area contributed by atoms with E-state index in [-0.39, 0.29) is 5.41 Å². The van der Waals surface area contributed by atoms with Crippen LogP contribution in [0.2, 0.25) is 0 Å². The van der Waals surface area contributed by atoms with E-state index in [4.69, 9.17) is 5.10 Å². The van der Waals surface area contributed by atoms with Gasteiger partial charge in [-0.05, 0) is 53.4 Å². The highest BCUT2D eigenvalue weighted by Gasteiger charge is 2.15. The molecular formula is C26H26N4O. The van der Waals surface area contributed by atoms with Crippen molar-refractivity contribution in [1.82, 2.24) is 14.8 Å². The maximum atomic E-state index is 11.1. The summed E-state index contributed by atoms with van der Waals surface area (Å²) in [5, 5.41) is 8.30. The van der Waals surface area contributed by atoms with Crippen LogP contribution in [-0.2, 0) is 12.0 Å². The van der Waals surface area contributed by atoms with Gasteiger partial charge in [0.05, 0.1) is 23.6 Å².